The molecule has 106 valence electrons. The Hall–Kier alpha value is -1.68. The van der Waals surface area contributed by atoms with E-state index in [-0.39, 0.29) is 5.97 Å². The van der Waals surface area contributed by atoms with Crippen molar-refractivity contribution in [3.05, 3.63) is 40.4 Å². The van der Waals surface area contributed by atoms with Gasteiger partial charge in [-0.15, -0.1) is 11.3 Å². The predicted molar refractivity (Wildman–Crippen MR) is 82.2 cm³/mol. The highest BCUT2D eigenvalue weighted by atomic mass is 32.1. The van der Waals surface area contributed by atoms with Crippen molar-refractivity contribution in [2.24, 2.45) is 5.92 Å². The molecule has 1 heterocycles. The van der Waals surface area contributed by atoms with E-state index in [9.17, 15) is 4.79 Å². The lowest BCUT2D eigenvalue weighted by molar-refractivity contribution is 0.0594. The van der Waals surface area contributed by atoms with E-state index in [1.807, 2.05) is 6.92 Å². The molecular formula is C16H19NO2S. The van der Waals surface area contributed by atoms with E-state index in [2.05, 4.69) is 43.1 Å². The number of carbonyl (C=O) groups excluding carboxylic acids is 1. The van der Waals surface area contributed by atoms with Crippen LogP contribution in [0.2, 0.25) is 0 Å². The van der Waals surface area contributed by atoms with Crippen LogP contribution in [0.15, 0.2) is 24.3 Å². The molecule has 0 unspecified atom stereocenters. The highest BCUT2D eigenvalue weighted by molar-refractivity contribution is 7.15. The van der Waals surface area contributed by atoms with Crippen LogP contribution in [0, 0.1) is 12.8 Å². The molecule has 20 heavy (non-hydrogen) atoms. The maximum absolute atomic E-state index is 11.6. The van der Waals surface area contributed by atoms with Gasteiger partial charge in [-0.05, 0) is 24.8 Å². The number of hydrogen-bond acceptors (Lipinski definition) is 4. The van der Waals surface area contributed by atoms with E-state index in [4.69, 9.17) is 4.74 Å². The zero-order valence-corrected chi connectivity index (χ0v) is 13.1. The Morgan fingerprint density at radius 3 is 2.50 bits per heavy atom. The van der Waals surface area contributed by atoms with Crippen molar-refractivity contribution < 1.29 is 9.53 Å². The molecule has 0 fully saturated rings. The lowest BCUT2D eigenvalue weighted by Crippen LogP contribution is -2.03. The summed E-state index contributed by atoms with van der Waals surface area (Å²) in [6.45, 7) is 6.31. The molecule has 0 saturated carbocycles. The first kappa shape index (κ1) is 14.7. The van der Waals surface area contributed by atoms with E-state index in [1.54, 1.807) is 0 Å². The van der Waals surface area contributed by atoms with Crippen LogP contribution in [0.3, 0.4) is 0 Å². The number of methoxy groups -OCH3 is 1. The summed E-state index contributed by atoms with van der Waals surface area (Å²) >= 11 is 1.52. The molecule has 0 aliphatic heterocycles. The standard InChI is InChI=1S/C16H19NO2S/c1-10(2)9-12-5-7-13(8-6-12)15-17-14(11(3)20-15)16(18)19-4/h5-8,10H,9H2,1-4H3. The average molecular weight is 289 g/mol. The summed E-state index contributed by atoms with van der Waals surface area (Å²) in [4.78, 5) is 16.8. The fourth-order valence-electron chi connectivity index (χ4n) is 2.06. The van der Waals surface area contributed by atoms with E-state index < -0.39 is 0 Å². The average Bonchev–Trinajstić information content (AvgIpc) is 2.80. The first-order valence-corrected chi connectivity index (χ1v) is 7.48. The highest BCUT2D eigenvalue weighted by Crippen LogP contribution is 2.28. The fraction of sp³-hybridized carbons (Fsp3) is 0.375. The summed E-state index contributed by atoms with van der Waals surface area (Å²) in [5, 5.41) is 0.860. The number of hydrogen-bond donors (Lipinski definition) is 0. The molecule has 4 heteroatoms. The zero-order chi connectivity index (χ0) is 14.7. The molecule has 0 radical (unpaired) electrons. The second-order valence-corrected chi connectivity index (χ2v) is 6.41. The molecule has 3 nitrogen and oxygen atoms in total. The second kappa shape index (κ2) is 6.18. The number of esters is 1. The van der Waals surface area contributed by atoms with Crippen molar-refractivity contribution in [3.63, 3.8) is 0 Å². The summed E-state index contributed by atoms with van der Waals surface area (Å²) in [6.07, 6.45) is 1.07. The normalized spacial score (nSPS) is 10.8. The Morgan fingerprint density at radius 2 is 1.95 bits per heavy atom. The quantitative estimate of drug-likeness (QED) is 0.795. The summed E-state index contributed by atoms with van der Waals surface area (Å²) in [6, 6.07) is 8.39. The van der Waals surface area contributed by atoms with Gasteiger partial charge in [0.15, 0.2) is 5.69 Å². The molecule has 0 saturated heterocycles. The molecule has 0 bridgehead atoms. The minimum atomic E-state index is -0.374. The lowest BCUT2D eigenvalue weighted by atomic mass is 10.0. The van der Waals surface area contributed by atoms with Gasteiger partial charge in [-0.1, -0.05) is 38.1 Å². The monoisotopic (exact) mass is 289 g/mol. The minimum Gasteiger partial charge on any atom is -0.464 e. The number of ether oxygens (including phenoxy) is 1. The Labute approximate surface area is 123 Å². The van der Waals surface area contributed by atoms with E-state index in [0.717, 1.165) is 21.9 Å². The third kappa shape index (κ3) is 3.25. The number of benzene rings is 1. The van der Waals surface area contributed by atoms with Gasteiger partial charge in [-0.2, -0.15) is 0 Å². The topological polar surface area (TPSA) is 39.2 Å². The molecular weight excluding hydrogens is 270 g/mol. The Morgan fingerprint density at radius 1 is 1.30 bits per heavy atom. The lowest BCUT2D eigenvalue weighted by Gasteiger charge is -2.05. The van der Waals surface area contributed by atoms with Crippen LogP contribution in [0.1, 0.15) is 34.8 Å². The number of aryl methyl sites for hydroxylation is 1. The van der Waals surface area contributed by atoms with Gasteiger partial charge in [-0.25, -0.2) is 9.78 Å². The molecule has 0 aliphatic rings. The highest BCUT2D eigenvalue weighted by Gasteiger charge is 2.16. The Kier molecular flexibility index (Phi) is 4.55. The molecule has 0 amide bonds. The molecule has 0 atom stereocenters. The van der Waals surface area contributed by atoms with Crippen LogP contribution in [0.25, 0.3) is 10.6 Å². The largest absolute Gasteiger partial charge is 0.464 e. The molecule has 2 aromatic rings. The summed E-state index contributed by atoms with van der Waals surface area (Å²) in [7, 11) is 1.38. The Bertz CT molecular complexity index is 599. The van der Waals surface area contributed by atoms with Gasteiger partial charge >= 0.3 is 5.97 Å². The van der Waals surface area contributed by atoms with Gasteiger partial charge in [0.05, 0.1) is 7.11 Å². The fourth-order valence-corrected chi connectivity index (χ4v) is 2.97. The SMILES string of the molecule is COC(=O)c1nc(-c2ccc(CC(C)C)cc2)sc1C. The predicted octanol–water partition coefficient (Wildman–Crippen LogP) is 4.10. The van der Waals surface area contributed by atoms with E-state index in [0.29, 0.717) is 11.6 Å². The number of carbonyl (C=O) groups is 1. The van der Waals surface area contributed by atoms with E-state index in [1.165, 1.54) is 24.0 Å². The van der Waals surface area contributed by atoms with Gasteiger partial charge in [0.25, 0.3) is 0 Å². The number of rotatable bonds is 4. The van der Waals surface area contributed by atoms with E-state index >= 15 is 0 Å². The third-order valence-electron chi connectivity index (χ3n) is 3.02. The van der Waals surface area contributed by atoms with Crippen LogP contribution in [-0.2, 0) is 11.2 Å². The van der Waals surface area contributed by atoms with Gasteiger partial charge < -0.3 is 4.74 Å². The minimum absolute atomic E-state index is 0.374. The van der Waals surface area contributed by atoms with Crippen molar-refractivity contribution in [2.45, 2.75) is 27.2 Å². The summed E-state index contributed by atoms with van der Waals surface area (Å²) in [5.41, 5.74) is 2.78. The molecule has 1 aromatic heterocycles. The maximum Gasteiger partial charge on any atom is 0.357 e. The molecule has 2 rings (SSSR count). The van der Waals surface area contributed by atoms with Crippen LogP contribution in [0.4, 0.5) is 0 Å². The zero-order valence-electron chi connectivity index (χ0n) is 12.3. The van der Waals surface area contributed by atoms with Crippen molar-refractivity contribution in [3.8, 4) is 10.6 Å². The molecule has 0 aliphatic carbocycles. The van der Waals surface area contributed by atoms with Crippen molar-refractivity contribution in [1.82, 2.24) is 4.98 Å². The number of aromatic nitrogens is 1. The van der Waals surface area contributed by atoms with Crippen molar-refractivity contribution >= 4 is 17.3 Å². The molecule has 1 aromatic carbocycles. The summed E-state index contributed by atoms with van der Waals surface area (Å²) in [5.74, 6) is 0.273. The third-order valence-corrected chi connectivity index (χ3v) is 4.04. The van der Waals surface area contributed by atoms with Crippen LogP contribution in [0.5, 0.6) is 0 Å². The molecule has 0 N–H and O–H groups in total. The van der Waals surface area contributed by atoms with Crippen LogP contribution < -0.4 is 0 Å². The van der Waals surface area contributed by atoms with Gasteiger partial charge in [0.1, 0.15) is 5.01 Å². The van der Waals surface area contributed by atoms with Crippen LogP contribution >= 0.6 is 11.3 Å². The van der Waals surface area contributed by atoms with Crippen molar-refractivity contribution in [2.75, 3.05) is 7.11 Å². The van der Waals surface area contributed by atoms with Gasteiger partial charge in [0, 0.05) is 10.4 Å². The first-order chi connectivity index (χ1) is 9.51. The Balaban J connectivity index is 2.26. The van der Waals surface area contributed by atoms with Crippen LogP contribution in [-0.4, -0.2) is 18.1 Å². The van der Waals surface area contributed by atoms with Crippen molar-refractivity contribution in [1.29, 1.82) is 0 Å². The van der Waals surface area contributed by atoms with Gasteiger partial charge in [0.2, 0.25) is 0 Å². The second-order valence-electron chi connectivity index (χ2n) is 5.21. The summed E-state index contributed by atoms with van der Waals surface area (Å²) < 4.78 is 4.73. The van der Waals surface area contributed by atoms with Gasteiger partial charge in [-0.3, -0.25) is 0 Å². The number of nitrogens with zero attached hydrogens (tertiary/aromatic N) is 1. The first-order valence-electron chi connectivity index (χ1n) is 6.66. The smallest absolute Gasteiger partial charge is 0.357 e. The number of thiazole rings is 1. The maximum atomic E-state index is 11.6. The molecule has 0 spiro atoms.